The molecule has 0 radical (unpaired) electrons. The Kier molecular flexibility index (Phi) is 8.02. The van der Waals surface area contributed by atoms with Crippen LogP contribution in [0, 0.1) is 6.92 Å². The van der Waals surface area contributed by atoms with Crippen LogP contribution in [-0.2, 0) is 21.4 Å². The molecule has 0 aliphatic carbocycles. The summed E-state index contributed by atoms with van der Waals surface area (Å²) in [6.45, 7) is 7.28. The van der Waals surface area contributed by atoms with Crippen molar-refractivity contribution >= 4 is 16.1 Å². The Morgan fingerprint density at radius 1 is 0.929 bits per heavy atom. The first-order valence-electron chi connectivity index (χ1n) is 9.49. The molecule has 1 aliphatic rings. The van der Waals surface area contributed by atoms with E-state index in [1.165, 1.54) is 4.31 Å². The van der Waals surface area contributed by atoms with Gasteiger partial charge >= 0.3 is 6.09 Å². The number of aryl methyl sites for hydroxylation is 1. The minimum atomic E-state index is -3.53. The van der Waals surface area contributed by atoms with E-state index in [0.29, 0.717) is 13.1 Å². The molecule has 2 aromatic rings. The maximum absolute atomic E-state index is 12.7. The van der Waals surface area contributed by atoms with Crippen molar-refractivity contribution in [3.8, 4) is 0 Å². The number of amides is 1. The Morgan fingerprint density at radius 3 is 2.07 bits per heavy atom. The van der Waals surface area contributed by atoms with Gasteiger partial charge in [0.2, 0.25) is 10.0 Å². The predicted octanol–water partition coefficient (Wildman–Crippen LogP) is 3.66. The monoisotopic (exact) mass is 404 g/mol. The van der Waals surface area contributed by atoms with E-state index in [0.717, 1.165) is 11.1 Å². The van der Waals surface area contributed by atoms with Gasteiger partial charge in [-0.2, -0.15) is 4.31 Å². The second-order valence-electron chi connectivity index (χ2n) is 6.24. The van der Waals surface area contributed by atoms with Crippen molar-refractivity contribution in [2.24, 2.45) is 0 Å². The van der Waals surface area contributed by atoms with Crippen LogP contribution in [0.2, 0.25) is 0 Å². The number of rotatable bonds is 4. The maximum atomic E-state index is 12.7. The number of nitrogens with zero attached hydrogens (tertiary/aromatic N) is 2. The van der Waals surface area contributed by atoms with Crippen molar-refractivity contribution in [3.63, 3.8) is 0 Å². The van der Waals surface area contributed by atoms with E-state index < -0.39 is 16.1 Å². The highest BCUT2D eigenvalue weighted by Gasteiger charge is 2.30. The topological polar surface area (TPSA) is 66.9 Å². The minimum absolute atomic E-state index is 0.210. The minimum Gasteiger partial charge on any atom is -0.445 e. The molecule has 0 atom stereocenters. The van der Waals surface area contributed by atoms with Gasteiger partial charge in [-0.3, -0.25) is 0 Å². The summed E-state index contributed by atoms with van der Waals surface area (Å²) in [7, 11) is -3.53. The first-order chi connectivity index (χ1) is 13.5. The van der Waals surface area contributed by atoms with Gasteiger partial charge < -0.3 is 9.64 Å². The molecule has 6 nitrogen and oxygen atoms in total. The summed E-state index contributed by atoms with van der Waals surface area (Å²) in [5.74, 6) is 0. The van der Waals surface area contributed by atoms with Crippen LogP contribution >= 0.6 is 0 Å². The summed E-state index contributed by atoms with van der Waals surface area (Å²) in [6, 6.07) is 16.2. The third-order valence-corrected chi connectivity index (χ3v) is 6.27. The number of sulfonamides is 1. The molecule has 1 saturated heterocycles. The van der Waals surface area contributed by atoms with Crippen LogP contribution in [0.25, 0.3) is 0 Å². The number of carbonyl (C=O) groups excluding carboxylic acids is 1. The largest absolute Gasteiger partial charge is 0.445 e. The molecular weight excluding hydrogens is 376 g/mol. The summed E-state index contributed by atoms with van der Waals surface area (Å²) >= 11 is 0. The van der Waals surface area contributed by atoms with Crippen molar-refractivity contribution in [2.75, 3.05) is 26.2 Å². The summed E-state index contributed by atoms with van der Waals surface area (Å²) in [4.78, 5) is 14.0. The normalized spacial score (nSPS) is 14.8. The highest BCUT2D eigenvalue weighted by Crippen LogP contribution is 2.18. The Labute approximate surface area is 167 Å². The number of carbonyl (C=O) groups is 1. The number of ether oxygens (including phenoxy) is 1. The molecule has 2 aromatic carbocycles. The average molecular weight is 405 g/mol. The Balaban J connectivity index is 0.00000136. The molecule has 1 heterocycles. The molecule has 0 N–H and O–H groups in total. The van der Waals surface area contributed by atoms with Crippen LogP contribution in [-0.4, -0.2) is 49.9 Å². The summed E-state index contributed by atoms with van der Waals surface area (Å²) in [5, 5.41) is 0. The molecule has 3 rings (SSSR count). The van der Waals surface area contributed by atoms with Gasteiger partial charge in [-0.1, -0.05) is 61.9 Å². The summed E-state index contributed by atoms with van der Waals surface area (Å²) in [5.41, 5.74) is 1.93. The van der Waals surface area contributed by atoms with E-state index in [1.807, 2.05) is 51.1 Å². The highest BCUT2D eigenvalue weighted by molar-refractivity contribution is 7.89. The third kappa shape index (κ3) is 5.56. The van der Waals surface area contributed by atoms with Gasteiger partial charge in [-0.15, -0.1) is 0 Å². The van der Waals surface area contributed by atoms with Crippen molar-refractivity contribution in [2.45, 2.75) is 32.3 Å². The fourth-order valence-corrected chi connectivity index (χ4v) is 4.20. The molecule has 0 spiro atoms. The fraction of sp³-hybridized carbons (Fsp3) is 0.381. The molecule has 1 aliphatic heterocycles. The van der Waals surface area contributed by atoms with Crippen LogP contribution in [0.15, 0.2) is 59.5 Å². The average Bonchev–Trinajstić information content (AvgIpc) is 2.74. The van der Waals surface area contributed by atoms with Gasteiger partial charge in [0.15, 0.2) is 0 Å². The van der Waals surface area contributed by atoms with Gasteiger partial charge in [0, 0.05) is 26.2 Å². The molecule has 0 unspecified atom stereocenters. The zero-order chi connectivity index (χ0) is 20.6. The van der Waals surface area contributed by atoms with Crippen LogP contribution < -0.4 is 0 Å². The van der Waals surface area contributed by atoms with Crippen LogP contribution in [0.3, 0.4) is 0 Å². The standard InChI is InChI=1S/C19H22N2O4S.C2H6/c1-16-7-9-18(10-8-16)26(23,24)21-13-11-20(12-14-21)19(22)25-15-17-5-3-2-4-6-17;1-2/h2-10H,11-15H2,1H3;1-2H3. The number of benzene rings is 2. The Morgan fingerprint density at radius 2 is 1.50 bits per heavy atom. The van der Waals surface area contributed by atoms with Crippen molar-refractivity contribution < 1.29 is 17.9 Å². The van der Waals surface area contributed by atoms with Crippen molar-refractivity contribution in [1.82, 2.24) is 9.21 Å². The molecule has 1 fully saturated rings. The molecule has 0 saturated carbocycles. The second-order valence-corrected chi connectivity index (χ2v) is 8.18. The maximum Gasteiger partial charge on any atom is 0.410 e. The lowest BCUT2D eigenvalue weighted by Crippen LogP contribution is -2.50. The molecule has 152 valence electrons. The van der Waals surface area contributed by atoms with Crippen LogP contribution in [0.1, 0.15) is 25.0 Å². The molecule has 0 aromatic heterocycles. The fourth-order valence-electron chi connectivity index (χ4n) is 2.78. The van der Waals surface area contributed by atoms with E-state index in [4.69, 9.17) is 4.74 Å². The van der Waals surface area contributed by atoms with E-state index in [9.17, 15) is 13.2 Å². The Bertz CT molecular complexity index is 844. The number of hydrogen-bond donors (Lipinski definition) is 0. The lowest BCUT2D eigenvalue weighted by atomic mass is 10.2. The van der Waals surface area contributed by atoms with E-state index in [1.54, 1.807) is 29.2 Å². The molecule has 1 amide bonds. The number of piperazine rings is 1. The van der Waals surface area contributed by atoms with E-state index in [-0.39, 0.29) is 24.6 Å². The van der Waals surface area contributed by atoms with E-state index in [2.05, 4.69) is 0 Å². The first-order valence-corrected chi connectivity index (χ1v) is 10.9. The second kappa shape index (κ2) is 10.2. The first kappa shape index (κ1) is 21.9. The van der Waals surface area contributed by atoms with Gasteiger partial charge in [0.25, 0.3) is 0 Å². The summed E-state index contributed by atoms with van der Waals surface area (Å²) < 4.78 is 32.1. The molecular formula is C21H28N2O4S. The van der Waals surface area contributed by atoms with Crippen LogP contribution in [0.5, 0.6) is 0 Å². The lowest BCUT2D eigenvalue weighted by Gasteiger charge is -2.33. The molecule has 0 bridgehead atoms. The van der Waals surface area contributed by atoms with Gasteiger partial charge in [-0.05, 0) is 24.6 Å². The van der Waals surface area contributed by atoms with Crippen molar-refractivity contribution in [3.05, 3.63) is 65.7 Å². The SMILES string of the molecule is CC.Cc1ccc(S(=O)(=O)N2CCN(C(=O)OCc3ccccc3)CC2)cc1. The number of hydrogen-bond acceptors (Lipinski definition) is 4. The van der Waals surface area contributed by atoms with Crippen molar-refractivity contribution in [1.29, 1.82) is 0 Å². The quantitative estimate of drug-likeness (QED) is 0.780. The summed E-state index contributed by atoms with van der Waals surface area (Å²) in [6.07, 6.45) is -0.416. The van der Waals surface area contributed by atoms with E-state index >= 15 is 0 Å². The zero-order valence-electron chi connectivity index (χ0n) is 16.7. The van der Waals surface area contributed by atoms with Gasteiger partial charge in [0.1, 0.15) is 6.61 Å². The van der Waals surface area contributed by atoms with Gasteiger partial charge in [0.05, 0.1) is 4.90 Å². The molecule has 28 heavy (non-hydrogen) atoms. The Hall–Kier alpha value is -2.38. The smallest absolute Gasteiger partial charge is 0.410 e. The van der Waals surface area contributed by atoms with Crippen LogP contribution in [0.4, 0.5) is 4.79 Å². The third-order valence-electron chi connectivity index (χ3n) is 4.36. The molecule has 7 heteroatoms. The van der Waals surface area contributed by atoms with Gasteiger partial charge in [-0.25, -0.2) is 13.2 Å². The predicted molar refractivity (Wildman–Crippen MR) is 109 cm³/mol. The lowest BCUT2D eigenvalue weighted by molar-refractivity contribution is 0.0838. The highest BCUT2D eigenvalue weighted by atomic mass is 32.2. The zero-order valence-corrected chi connectivity index (χ0v) is 17.5.